The second-order valence-electron chi connectivity index (χ2n) is 9.97. The number of nitrogens with one attached hydrogen (secondary N) is 2. The minimum absolute atomic E-state index is 0.0526. The lowest BCUT2D eigenvalue weighted by Crippen LogP contribution is -2.32. The van der Waals surface area contributed by atoms with Crippen molar-refractivity contribution in [2.45, 2.75) is 48.9 Å². The van der Waals surface area contributed by atoms with Crippen LogP contribution in [0.25, 0.3) is 22.5 Å². The summed E-state index contributed by atoms with van der Waals surface area (Å²) in [6.07, 6.45) is 6.32. The first-order chi connectivity index (χ1) is 20.3. The van der Waals surface area contributed by atoms with Gasteiger partial charge in [-0.1, -0.05) is 0 Å². The SMILES string of the molecule is Cn1cc(-c2cnc(NC(=O)OC3CCC(Nc4ncc(C(F)(F)F)c(-c5cncc(S(C)(=O)=O)c5)n4)CC3)cn2)cn1. The predicted molar refractivity (Wildman–Crippen MR) is 147 cm³/mol. The molecule has 0 aliphatic heterocycles. The number of anilines is 2. The molecule has 1 fully saturated rings. The quantitative estimate of drug-likeness (QED) is 0.306. The van der Waals surface area contributed by atoms with E-state index in [0.717, 1.165) is 30.3 Å². The van der Waals surface area contributed by atoms with E-state index in [4.69, 9.17) is 4.74 Å². The number of hydrogen-bond acceptors (Lipinski definition) is 11. The molecule has 4 aromatic rings. The fourth-order valence-corrected chi connectivity index (χ4v) is 5.11. The van der Waals surface area contributed by atoms with Crippen LogP contribution in [0.2, 0.25) is 0 Å². The van der Waals surface area contributed by atoms with Crippen molar-refractivity contribution in [3.05, 3.63) is 55.0 Å². The highest BCUT2D eigenvalue weighted by molar-refractivity contribution is 7.90. The van der Waals surface area contributed by atoms with Crippen LogP contribution < -0.4 is 10.6 Å². The maximum atomic E-state index is 13.7. The van der Waals surface area contributed by atoms with Gasteiger partial charge in [-0.3, -0.25) is 20.0 Å². The minimum Gasteiger partial charge on any atom is -0.446 e. The molecule has 0 bridgehead atoms. The first kappa shape index (κ1) is 29.8. The van der Waals surface area contributed by atoms with Gasteiger partial charge < -0.3 is 10.1 Å². The van der Waals surface area contributed by atoms with Gasteiger partial charge in [0.05, 0.1) is 34.9 Å². The molecule has 2 N–H and O–H groups in total. The maximum absolute atomic E-state index is 13.7. The molecule has 1 aliphatic carbocycles. The average molecular weight is 618 g/mol. The minimum atomic E-state index is -4.78. The van der Waals surface area contributed by atoms with Crippen LogP contribution in [-0.4, -0.2) is 67.6 Å². The van der Waals surface area contributed by atoms with E-state index in [1.807, 2.05) is 0 Å². The summed E-state index contributed by atoms with van der Waals surface area (Å²) in [5.74, 6) is 0.170. The second kappa shape index (κ2) is 11.9. The summed E-state index contributed by atoms with van der Waals surface area (Å²) in [5, 5.41) is 9.67. The van der Waals surface area contributed by atoms with Crippen LogP contribution in [-0.2, 0) is 27.8 Å². The van der Waals surface area contributed by atoms with E-state index in [1.165, 1.54) is 12.4 Å². The van der Waals surface area contributed by atoms with Gasteiger partial charge in [-0.15, -0.1) is 0 Å². The van der Waals surface area contributed by atoms with Crippen LogP contribution in [0.4, 0.5) is 29.7 Å². The van der Waals surface area contributed by atoms with Crippen LogP contribution in [0.1, 0.15) is 31.2 Å². The Balaban J connectivity index is 1.18. The molecule has 0 aromatic carbocycles. The van der Waals surface area contributed by atoms with Gasteiger partial charge in [-0.2, -0.15) is 18.3 Å². The van der Waals surface area contributed by atoms with Crippen LogP contribution >= 0.6 is 0 Å². The van der Waals surface area contributed by atoms with Gasteiger partial charge in [-0.25, -0.2) is 28.2 Å². The zero-order chi connectivity index (χ0) is 30.8. The van der Waals surface area contributed by atoms with Gasteiger partial charge in [0.1, 0.15) is 11.7 Å². The Morgan fingerprint density at radius 3 is 2.40 bits per heavy atom. The van der Waals surface area contributed by atoms with Gasteiger partial charge in [0, 0.05) is 55.3 Å². The number of amides is 1. The Kier molecular flexibility index (Phi) is 8.25. The van der Waals surface area contributed by atoms with Crippen LogP contribution in [0.15, 0.2) is 54.3 Å². The topological polar surface area (TPSA) is 167 Å². The van der Waals surface area contributed by atoms with E-state index in [0.29, 0.717) is 37.6 Å². The van der Waals surface area contributed by atoms with Crippen molar-refractivity contribution in [3.8, 4) is 22.5 Å². The molecule has 226 valence electrons. The van der Waals surface area contributed by atoms with Crippen molar-refractivity contribution >= 4 is 27.7 Å². The Morgan fingerprint density at radius 1 is 1.00 bits per heavy atom. The number of nitrogens with zero attached hydrogens (tertiary/aromatic N) is 7. The molecule has 4 heterocycles. The van der Waals surface area contributed by atoms with Crippen molar-refractivity contribution in [1.29, 1.82) is 0 Å². The summed E-state index contributed by atoms with van der Waals surface area (Å²) in [4.78, 5) is 32.3. The first-order valence-electron chi connectivity index (χ1n) is 13.0. The molecule has 1 saturated carbocycles. The molecular formula is C26H26F3N9O4S. The van der Waals surface area contributed by atoms with E-state index in [2.05, 4.69) is 40.7 Å². The fourth-order valence-electron chi connectivity index (χ4n) is 4.52. The fraction of sp³-hybridized carbons (Fsp3) is 0.346. The number of ether oxygens (including phenoxy) is 1. The molecule has 0 saturated heterocycles. The lowest BCUT2D eigenvalue weighted by atomic mass is 9.93. The molecule has 4 aromatic heterocycles. The zero-order valence-electron chi connectivity index (χ0n) is 22.9. The summed E-state index contributed by atoms with van der Waals surface area (Å²) in [5.41, 5.74) is -0.342. The van der Waals surface area contributed by atoms with E-state index in [-0.39, 0.29) is 34.4 Å². The van der Waals surface area contributed by atoms with Gasteiger partial charge in [-0.05, 0) is 31.7 Å². The lowest BCUT2D eigenvalue weighted by Gasteiger charge is -2.29. The highest BCUT2D eigenvalue weighted by atomic mass is 32.2. The van der Waals surface area contributed by atoms with Crippen LogP contribution in [0.3, 0.4) is 0 Å². The van der Waals surface area contributed by atoms with Crippen molar-refractivity contribution < 1.29 is 31.1 Å². The normalized spacial score (nSPS) is 17.3. The molecule has 43 heavy (non-hydrogen) atoms. The van der Waals surface area contributed by atoms with Crippen LogP contribution in [0, 0.1) is 0 Å². The molecule has 13 nitrogen and oxygen atoms in total. The number of aromatic nitrogens is 7. The van der Waals surface area contributed by atoms with Gasteiger partial charge in [0.25, 0.3) is 0 Å². The third-order valence-electron chi connectivity index (χ3n) is 6.67. The standard InChI is InChI=1S/C26H26F3N9O4S/c1-38-14-16(9-34-38)21-12-32-22(13-31-21)36-25(39)42-18-5-3-17(4-6-18)35-24-33-11-20(26(27,28)29)23(37-24)15-7-19(10-30-8-15)43(2,40)41/h7-14,17-18H,3-6H2,1-2H3,(H,32,36,39)(H,33,35,37). The number of alkyl halides is 3. The zero-order valence-corrected chi connectivity index (χ0v) is 23.7. The highest BCUT2D eigenvalue weighted by Crippen LogP contribution is 2.36. The molecule has 0 spiro atoms. The number of pyridine rings is 1. The number of carbonyl (C=O) groups is 1. The van der Waals surface area contributed by atoms with E-state index in [9.17, 15) is 26.4 Å². The van der Waals surface area contributed by atoms with Gasteiger partial charge >= 0.3 is 12.3 Å². The molecule has 0 radical (unpaired) electrons. The van der Waals surface area contributed by atoms with Gasteiger partial charge in [0.2, 0.25) is 5.95 Å². The third-order valence-corrected chi connectivity index (χ3v) is 7.75. The smallest absolute Gasteiger partial charge is 0.419 e. The molecule has 17 heteroatoms. The molecule has 1 amide bonds. The van der Waals surface area contributed by atoms with E-state index in [1.54, 1.807) is 24.1 Å². The summed E-state index contributed by atoms with van der Waals surface area (Å²) in [7, 11) is -1.92. The summed E-state index contributed by atoms with van der Waals surface area (Å²) in [6, 6.07) is 0.900. The monoisotopic (exact) mass is 617 g/mol. The Morgan fingerprint density at radius 2 is 1.77 bits per heavy atom. The Labute approximate surface area is 243 Å². The maximum Gasteiger partial charge on any atom is 0.419 e. The van der Waals surface area contributed by atoms with Crippen LogP contribution in [0.5, 0.6) is 0 Å². The van der Waals surface area contributed by atoms with Gasteiger partial charge in [0.15, 0.2) is 15.7 Å². The number of carbonyl (C=O) groups excluding carboxylic acids is 1. The Hall–Kier alpha value is -4.67. The second-order valence-corrected chi connectivity index (χ2v) is 12.0. The third kappa shape index (κ3) is 7.40. The van der Waals surface area contributed by atoms with Crippen molar-refractivity contribution in [2.75, 3.05) is 16.9 Å². The van der Waals surface area contributed by atoms with E-state index >= 15 is 0 Å². The molecule has 0 atom stereocenters. The molecular weight excluding hydrogens is 591 g/mol. The molecule has 1 aliphatic rings. The van der Waals surface area contributed by atoms with Crippen molar-refractivity contribution in [1.82, 2.24) is 34.7 Å². The van der Waals surface area contributed by atoms with E-state index < -0.39 is 33.4 Å². The molecule has 5 rings (SSSR count). The predicted octanol–water partition coefficient (Wildman–Crippen LogP) is 4.12. The first-order valence-corrected chi connectivity index (χ1v) is 14.9. The number of rotatable bonds is 7. The number of hydrogen-bond donors (Lipinski definition) is 2. The number of sulfone groups is 1. The number of halogens is 3. The average Bonchev–Trinajstić information content (AvgIpc) is 3.39. The summed E-state index contributed by atoms with van der Waals surface area (Å²) >= 11 is 0. The lowest BCUT2D eigenvalue weighted by molar-refractivity contribution is -0.137. The van der Waals surface area contributed by atoms with Crippen molar-refractivity contribution in [2.24, 2.45) is 7.05 Å². The molecule has 0 unspecified atom stereocenters. The summed E-state index contributed by atoms with van der Waals surface area (Å²) in [6.45, 7) is 0. The highest BCUT2D eigenvalue weighted by Gasteiger charge is 2.36. The Bertz CT molecular complexity index is 1720. The summed E-state index contributed by atoms with van der Waals surface area (Å²) < 4.78 is 72.2. The number of aryl methyl sites for hydroxylation is 1. The largest absolute Gasteiger partial charge is 0.446 e. The van der Waals surface area contributed by atoms with Crippen molar-refractivity contribution in [3.63, 3.8) is 0 Å².